The van der Waals surface area contributed by atoms with Crippen LogP contribution in [0.4, 0.5) is 5.69 Å². The maximum atomic E-state index is 13.2. The summed E-state index contributed by atoms with van der Waals surface area (Å²) in [4.78, 5) is 30.6. The number of para-hydroxylation sites is 1. The van der Waals surface area contributed by atoms with E-state index in [1.165, 1.54) is 11.8 Å². The van der Waals surface area contributed by atoms with Crippen LogP contribution in [0.2, 0.25) is 5.02 Å². The van der Waals surface area contributed by atoms with Gasteiger partial charge in [0.2, 0.25) is 0 Å². The van der Waals surface area contributed by atoms with E-state index in [9.17, 15) is 9.59 Å². The predicted molar refractivity (Wildman–Crippen MR) is 126 cm³/mol. The van der Waals surface area contributed by atoms with Crippen LogP contribution in [0.25, 0.3) is 6.08 Å². The summed E-state index contributed by atoms with van der Waals surface area (Å²) >= 11 is 7.58. The van der Waals surface area contributed by atoms with E-state index in [-0.39, 0.29) is 5.91 Å². The minimum absolute atomic E-state index is 0.144. The molecule has 1 saturated heterocycles. The molecule has 31 heavy (non-hydrogen) atoms. The molecule has 0 radical (unpaired) electrons. The van der Waals surface area contributed by atoms with E-state index < -0.39 is 5.97 Å². The second kappa shape index (κ2) is 10.3. The topological polar surface area (TPSA) is 79.2 Å². The molecule has 1 amide bonds. The smallest absolute Gasteiger partial charge is 0.331 e. The van der Waals surface area contributed by atoms with Crippen LogP contribution in [0.3, 0.4) is 0 Å². The van der Waals surface area contributed by atoms with Gasteiger partial charge in [0.25, 0.3) is 5.91 Å². The van der Waals surface area contributed by atoms with Gasteiger partial charge in [0.15, 0.2) is 5.17 Å². The van der Waals surface area contributed by atoms with Crippen LogP contribution in [0.1, 0.15) is 24.5 Å². The third-order valence-electron chi connectivity index (χ3n) is 4.29. The van der Waals surface area contributed by atoms with E-state index >= 15 is 0 Å². The first-order chi connectivity index (χ1) is 14.9. The molecule has 0 saturated carbocycles. The van der Waals surface area contributed by atoms with Crippen molar-refractivity contribution in [3.63, 3.8) is 0 Å². The molecule has 0 aromatic heterocycles. The first-order valence-corrected chi connectivity index (χ1v) is 10.8. The van der Waals surface area contributed by atoms with Gasteiger partial charge in [-0.25, -0.2) is 4.79 Å². The number of carboxylic acid groups (broad SMARTS) is 1. The lowest BCUT2D eigenvalue weighted by molar-refractivity contribution is -0.131. The van der Waals surface area contributed by atoms with Gasteiger partial charge in [0.1, 0.15) is 5.75 Å². The Morgan fingerprint density at radius 1 is 1.29 bits per heavy atom. The van der Waals surface area contributed by atoms with E-state index in [1.54, 1.807) is 29.2 Å². The highest BCUT2D eigenvalue weighted by Gasteiger charge is 2.35. The number of nitrogens with zero attached hydrogens (tertiary/aromatic N) is 2. The number of amidine groups is 1. The summed E-state index contributed by atoms with van der Waals surface area (Å²) < 4.78 is 5.23. The number of carboxylic acids is 1. The second-order valence-electron chi connectivity index (χ2n) is 6.65. The largest absolute Gasteiger partial charge is 0.478 e. The maximum Gasteiger partial charge on any atom is 0.331 e. The van der Waals surface area contributed by atoms with E-state index in [4.69, 9.17) is 21.4 Å². The maximum absolute atomic E-state index is 13.2. The van der Waals surface area contributed by atoms with Gasteiger partial charge >= 0.3 is 5.97 Å². The minimum atomic E-state index is -1.12. The van der Waals surface area contributed by atoms with Crippen LogP contribution in [0.5, 0.6) is 5.75 Å². The van der Waals surface area contributed by atoms with Crippen LogP contribution in [-0.2, 0) is 9.59 Å². The normalized spacial score (nSPS) is 16.6. The molecule has 1 aliphatic heterocycles. The Balaban J connectivity index is 1.90. The van der Waals surface area contributed by atoms with Crippen molar-refractivity contribution in [2.24, 2.45) is 4.99 Å². The first kappa shape index (κ1) is 22.7. The number of thioether (sulfide) groups is 1. The molecular formula is C23H21ClN2O4S. The van der Waals surface area contributed by atoms with Gasteiger partial charge in [-0.2, -0.15) is 0 Å². The summed E-state index contributed by atoms with van der Waals surface area (Å²) in [6.07, 6.45) is 4.56. The number of benzene rings is 2. The third kappa shape index (κ3) is 5.57. The van der Waals surface area contributed by atoms with Gasteiger partial charge in [0, 0.05) is 6.54 Å². The molecule has 1 heterocycles. The molecule has 1 fully saturated rings. The summed E-state index contributed by atoms with van der Waals surface area (Å²) in [5, 5.41) is 9.58. The van der Waals surface area contributed by atoms with Crippen molar-refractivity contribution in [3.05, 3.63) is 75.9 Å². The Labute approximate surface area is 189 Å². The number of aliphatic imine (C=N–C) groups is 1. The molecule has 0 spiro atoms. The summed E-state index contributed by atoms with van der Waals surface area (Å²) in [5.74, 6) is -0.943. The van der Waals surface area contributed by atoms with Crippen LogP contribution in [0, 0.1) is 6.92 Å². The zero-order valence-electron chi connectivity index (χ0n) is 17.0. The number of aryl methyl sites for hydroxylation is 1. The van der Waals surface area contributed by atoms with Crippen LogP contribution in [-0.4, -0.2) is 28.7 Å². The highest BCUT2D eigenvalue weighted by atomic mass is 35.5. The standard InChI is InChI=1S/C23H21ClN2O4S/c1-3-11-25-23-26(18-7-5-4-6-15(18)2)22(29)20(31-23)14-16-8-9-19(17(24)13-16)30-12-10-21(27)28/h4-10,12-14H,3,11H2,1-2H3,(H,27,28)/b12-10-,20-14+,25-23-. The Kier molecular flexibility index (Phi) is 7.55. The van der Waals surface area contributed by atoms with E-state index in [0.717, 1.165) is 35.6 Å². The van der Waals surface area contributed by atoms with Gasteiger partial charge in [0.05, 0.1) is 28.0 Å². The van der Waals surface area contributed by atoms with Crippen molar-refractivity contribution < 1.29 is 19.4 Å². The number of aliphatic carboxylic acids is 1. The van der Waals surface area contributed by atoms with E-state index in [2.05, 4.69) is 4.99 Å². The van der Waals surface area contributed by atoms with Crippen LogP contribution < -0.4 is 9.64 Å². The molecule has 0 unspecified atom stereocenters. The molecule has 1 N–H and O–H groups in total. The van der Waals surface area contributed by atoms with Crippen molar-refractivity contribution in [1.82, 2.24) is 0 Å². The van der Waals surface area contributed by atoms with Crippen molar-refractivity contribution >= 4 is 52.2 Å². The van der Waals surface area contributed by atoms with Crippen LogP contribution >= 0.6 is 23.4 Å². The fourth-order valence-electron chi connectivity index (χ4n) is 2.83. The van der Waals surface area contributed by atoms with Gasteiger partial charge in [-0.3, -0.25) is 14.7 Å². The van der Waals surface area contributed by atoms with Gasteiger partial charge < -0.3 is 9.84 Å². The third-order valence-corrected chi connectivity index (χ3v) is 5.59. The minimum Gasteiger partial charge on any atom is -0.478 e. The Hall–Kier alpha value is -3.03. The molecule has 1 aliphatic rings. The van der Waals surface area contributed by atoms with Crippen molar-refractivity contribution in [3.8, 4) is 5.75 Å². The predicted octanol–water partition coefficient (Wildman–Crippen LogP) is 5.51. The van der Waals surface area contributed by atoms with E-state index in [0.29, 0.717) is 27.4 Å². The lowest BCUT2D eigenvalue weighted by Gasteiger charge is -2.17. The number of halogens is 1. The quantitative estimate of drug-likeness (QED) is 0.438. The fraction of sp³-hybridized carbons (Fsp3) is 0.174. The Morgan fingerprint density at radius 2 is 2.06 bits per heavy atom. The summed E-state index contributed by atoms with van der Waals surface area (Å²) in [5.41, 5.74) is 2.52. The molecule has 8 heteroatoms. The zero-order valence-corrected chi connectivity index (χ0v) is 18.6. The highest BCUT2D eigenvalue weighted by Crippen LogP contribution is 2.38. The molecule has 0 atom stereocenters. The number of rotatable bonds is 7. The second-order valence-corrected chi connectivity index (χ2v) is 8.07. The molecule has 0 bridgehead atoms. The number of hydrogen-bond acceptors (Lipinski definition) is 5. The van der Waals surface area contributed by atoms with Gasteiger partial charge in [-0.1, -0.05) is 42.8 Å². The molecule has 3 rings (SSSR count). The van der Waals surface area contributed by atoms with Crippen LogP contribution in [0.15, 0.2) is 64.7 Å². The number of hydrogen-bond donors (Lipinski definition) is 1. The van der Waals surface area contributed by atoms with Gasteiger partial charge in [-0.15, -0.1) is 0 Å². The molecule has 0 aliphatic carbocycles. The molecule has 6 nitrogen and oxygen atoms in total. The number of carbonyl (C=O) groups excluding carboxylic acids is 1. The Morgan fingerprint density at radius 3 is 2.74 bits per heavy atom. The summed E-state index contributed by atoms with van der Waals surface area (Å²) in [6, 6.07) is 12.7. The molecular weight excluding hydrogens is 436 g/mol. The summed E-state index contributed by atoms with van der Waals surface area (Å²) in [6.45, 7) is 4.63. The number of anilines is 1. The number of ether oxygens (including phenoxy) is 1. The zero-order chi connectivity index (χ0) is 22.4. The van der Waals surface area contributed by atoms with Gasteiger partial charge in [-0.05, 0) is 60.5 Å². The average Bonchev–Trinajstić information content (AvgIpc) is 3.03. The average molecular weight is 457 g/mol. The molecule has 2 aromatic rings. The Bertz CT molecular complexity index is 1090. The van der Waals surface area contributed by atoms with Crippen molar-refractivity contribution in [1.29, 1.82) is 0 Å². The SMILES string of the molecule is CCC/N=C1\S/C(=C/c2ccc(O/C=C\C(=O)O)c(Cl)c2)C(=O)N1c1ccccc1C. The van der Waals surface area contributed by atoms with E-state index in [1.807, 2.05) is 38.1 Å². The number of amides is 1. The molecule has 160 valence electrons. The monoisotopic (exact) mass is 456 g/mol. The van der Waals surface area contributed by atoms with Crippen molar-refractivity contribution in [2.45, 2.75) is 20.3 Å². The molecule has 2 aromatic carbocycles. The lowest BCUT2D eigenvalue weighted by atomic mass is 10.1. The lowest BCUT2D eigenvalue weighted by Crippen LogP contribution is -2.29. The first-order valence-electron chi connectivity index (χ1n) is 9.60. The highest BCUT2D eigenvalue weighted by molar-refractivity contribution is 8.19. The number of carbonyl (C=O) groups is 2. The fourth-order valence-corrected chi connectivity index (χ4v) is 4.06. The summed E-state index contributed by atoms with van der Waals surface area (Å²) in [7, 11) is 0. The van der Waals surface area contributed by atoms with Crippen molar-refractivity contribution in [2.75, 3.05) is 11.4 Å².